The van der Waals surface area contributed by atoms with Crippen LogP contribution in [0.4, 0.5) is 0 Å². The van der Waals surface area contributed by atoms with E-state index in [1.54, 1.807) is 0 Å². The summed E-state index contributed by atoms with van der Waals surface area (Å²) in [4.78, 5) is 1.37. The minimum absolute atomic E-state index is 1.00. The van der Waals surface area contributed by atoms with Crippen molar-refractivity contribution in [1.82, 2.24) is 0 Å². The molecule has 0 saturated carbocycles. The molecule has 0 aliphatic rings. The number of rotatable bonds is 5. The number of hydrogen-bond acceptors (Lipinski definition) is 2. The van der Waals surface area contributed by atoms with Gasteiger partial charge in [-0.1, -0.05) is 91.0 Å². The Hall–Kier alpha value is -2.29. The van der Waals surface area contributed by atoms with Gasteiger partial charge in [0.2, 0.25) is 0 Å². The van der Waals surface area contributed by atoms with E-state index in [1.807, 2.05) is 23.1 Å². The molecular weight excluding hydrogens is 352 g/mol. The third-order valence-corrected chi connectivity index (χ3v) is 7.20. The van der Waals surface area contributed by atoms with Crippen LogP contribution in [0.1, 0.15) is 11.1 Å². The lowest BCUT2D eigenvalue weighted by atomic mass is 9.99. The van der Waals surface area contributed by atoms with Crippen molar-refractivity contribution >= 4 is 23.1 Å². The Morgan fingerprint density at radius 3 is 1.85 bits per heavy atom. The molecule has 4 aromatic rings. The molecule has 0 aliphatic carbocycles. The molecule has 1 heterocycles. The first-order valence-electron chi connectivity index (χ1n) is 8.74. The normalized spacial score (nSPS) is 10.8. The SMILES string of the molecule is Cc1c(SCc2ccccc2)sc(-c2ccccc2)c1-c1ccccc1. The highest BCUT2D eigenvalue weighted by Gasteiger charge is 2.18. The van der Waals surface area contributed by atoms with Gasteiger partial charge < -0.3 is 0 Å². The molecule has 0 spiro atoms. The van der Waals surface area contributed by atoms with Crippen LogP contribution >= 0.6 is 23.1 Å². The van der Waals surface area contributed by atoms with E-state index in [1.165, 1.54) is 36.9 Å². The van der Waals surface area contributed by atoms with Crippen molar-refractivity contribution in [2.24, 2.45) is 0 Å². The lowest BCUT2D eigenvalue weighted by Crippen LogP contribution is -1.83. The van der Waals surface area contributed by atoms with Gasteiger partial charge in [-0.15, -0.1) is 23.1 Å². The highest BCUT2D eigenvalue weighted by molar-refractivity contribution is 8.00. The molecule has 0 unspecified atom stereocenters. The van der Waals surface area contributed by atoms with Crippen LogP contribution in [0.2, 0.25) is 0 Å². The average Bonchev–Trinajstić information content (AvgIpc) is 3.05. The van der Waals surface area contributed by atoms with Gasteiger partial charge in [-0.05, 0) is 29.2 Å². The van der Waals surface area contributed by atoms with E-state index >= 15 is 0 Å². The largest absolute Gasteiger partial charge is 0.128 e. The Morgan fingerprint density at radius 2 is 1.23 bits per heavy atom. The van der Waals surface area contributed by atoms with Crippen molar-refractivity contribution in [2.75, 3.05) is 0 Å². The van der Waals surface area contributed by atoms with Gasteiger partial charge in [0.25, 0.3) is 0 Å². The topological polar surface area (TPSA) is 0 Å². The fraction of sp³-hybridized carbons (Fsp3) is 0.0833. The van der Waals surface area contributed by atoms with Gasteiger partial charge in [0, 0.05) is 16.2 Å². The molecule has 26 heavy (non-hydrogen) atoms. The lowest BCUT2D eigenvalue weighted by molar-refractivity contribution is 1.38. The van der Waals surface area contributed by atoms with Crippen molar-refractivity contribution in [1.29, 1.82) is 0 Å². The summed E-state index contributed by atoms with van der Waals surface area (Å²) in [7, 11) is 0. The van der Waals surface area contributed by atoms with Gasteiger partial charge in [-0.25, -0.2) is 0 Å². The third-order valence-electron chi connectivity index (χ3n) is 4.41. The fourth-order valence-corrected chi connectivity index (χ4v) is 5.64. The Kier molecular flexibility index (Phi) is 5.24. The number of hydrogen-bond donors (Lipinski definition) is 0. The highest BCUT2D eigenvalue weighted by atomic mass is 32.2. The lowest BCUT2D eigenvalue weighted by Gasteiger charge is -2.06. The molecular formula is C24H20S2. The molecule has 0 saturated heterocycles. The molecule has 4 rings (SSSR count). The molecule has 0 bridgehead atoms. The molecule has 0 fully saturated rings. The molecule has 2 heteroatoms. The second-order valence-electron chi connectivity index (χ2n) is 6.22. The van der Waals surface area contributed by atoms with Gasteiger partial charge in [0.05, 0.1) is 4.21 Å². The summed E-state index contributed by atoms with van der Waals surface area (Å²) < 4.78 is 1.41. The van der Waals surface area contributed by atoms with E-state index in [0.717, 1.165) is 5.75 Å². The van der Waals surface area contributed by atoms with Crippen molar-refractivity contribution in [3.63, 3.8) is 0 Å². The zero-order chi connectivity index (χ0) is 17.8. The summed E-state index contributed by atoms with van der Waals surface area (Å²) in [5.41, 5.74) is 6.73. The van der Waals surface area contributed by atoms with Crippen LogP contribution in [-0.4, -0.2) is 0 Å². The Morgan fingerprint density at radius 1 is 0.692 bits per heavy atom. The molecule has 0 nitrogen and oxygen atoms in total. The van der Waals surface area contributed by atoms with Crippen molar-refractivity contribution < 1.29 is 0 Å². The molecule has 0 radical (unpaired) electrons. The fourth-order valence-electron chi connectivity index (χ4n) is 3.10. The molecule has 0 aliphatic heterocycles. The van der Waals surface area contributed by atoms with E-state index < -0.39 is 0 Å². The first-order valence-corrected chi connectivity index (χ1v) is 10.5. The van der Waals surface area contributed by atoms with Crippen molar-refractivity contribution in [2.45, 2.75) is 16.9 Å². The Bertz CT molecular complexity index is 971. The highest BCUT2D eigenvalue weighted by Crippen LogP contribution is 2.47. The zero-order valence-electron chi connectivity index (χ0n) is 14.7. The van der Waals surface area contributed by atoms with E-state index in [9.17, 15) is 0 Å². The average molecular weight is 373 g/mol. The summed E-state index contributed by atoms with van der Waals surface area (Å²) in [6.45, 7) is 2.26. The summed E-state index contributed by atoms with van der Waals surface area (Å²) in [5.74, 6) is 1.00. The van der Waals surface area contributed by atoms with Gasteiger partial charge in [-0.3, -0.25) is 0 Å². The summed E-state index contributed by atoms with van der Waals surface area (Å²) in [5, 5.41) is 0. The third kappa shape index (κ3) is 3.62. The van der Waals surface area contributed by atoms with Gasteiger partial charge in [-0.2, -0.15) is 0 Å². The van der Waals surface area contributed by atoms with Crippen LogP contribution in [0.5, 0.6) is 0 Å². The maximum atomic E-state index is 2.26. The predicted octanol–water partition coefficient (Wildman–Crippen LogP) is 7.68. The number of thioether (sulfide) groups is 1. The van der Waals surface area contributed by atoms with Crippen molar-refractivity contribution in [3.8, 4) is 21.6 Å². The second-order valence-corrected chi connectivity index (χ2v) is 8.49. The molecule has 0 atom stereocenters. The van der Waals surface area contributed by atoms with Crippen LogP contribution in [0.25, 0.3) is 21.6 Å². The summed E-state index contributed by atoms with van der Waals surface area (Å²) in [6.07, 6.45) is 0. The quantitative estimate of drug-likeness (QED) is 0.324. The Balaban J connectivity index is 1.75. The van der Waals surface area contributed by atoms with E-state index in [-0.39, 0.29) is 0 Å². The van der Waals surface area contributed by atoms with Crippen LogP contribution in [0.15, 0.2) is 95.2 Å². The Labute approximate surface area is 163 Å². The predicted molar refractivity (Wildman–Crippen MR) is 116 cm³/mol. The van der Waals surface area contributed by atoms with Crippen LogP contribution in [-0.2, 0) is 5.75 Å². The number of thiophene rings is 1. The number of benzene rings is 3. The minimum Gasteiger partial charge on any atom is -0.128 e. The first-order chi connectivity index (χ1) is 12.8. The molecule has 1 aromatic heterocycles. The monoisotopic (exact) mass is 372 g/mol. The van der Waals surface area contributed by atoms with Crippen LogP contribution in [0.3, 0.4) is 0 Å². The first kappa shape index (κ1) is 17.1. The summed E-state index contributed by atoms with van der Waals surface area (Å²) in [6, 6.07) is 32.2. The molecule has 3 aromatic carbocycles. The zero-order valence-corrected chi connectivity index (χ0v) is 16.3. The van der Waals surface area contributed by atoms with Crippen LogP contribution in [0, 0.1) is 6.92 Å². The van der Waals surface area contributed by atoms with Gasteiger partial charge in [0.15, 0.2) is 0 Å². The standard InChI is InChI=1S/C24H20S2/c1-18-22(20-13-7-3-8-14-20)23(21-15-9-4-10-16-21)26-24(18)25-17-19-11-5-2-6-12-19/h2-16H,17H2,1H3. The smallest absolute Gasteiger partial charge is 0.0644 e. The van der Waals surface area contributed by atoms with Gasteiger partial charge in [0.1, 0.15) is 0 Å². The van der Waals surface area contributed by atoms with Gasteiger partial charge >= 0.3 is 0 Å². The molecule has 128 valence electrons. The second kappa shape index (κ2) is 7.94. The van der Waals surface area contributed by atoms with Crippen LogP contribution < -0.4 is 0 Å². The molecule has 0 N–H and O–H groups in total. The maximum absolute atomic E-state index is 2.26. The molecule has 0 amide bonds. The van der Waals surface area contributed by atoms with E-state index in [2.05, 4.69) is 97.9 Å². The van der Waals surface area contributed by atoms with Crippen molar-refractivity contribution in [3.05, 3.63) is 102 Å². The van der Waals surface area contributed by atoms with E-state index in [4.69, 9.17) is 0 Å². The minimum atomic E-state index is 1.00. The summed E-state index contributed by atoms with van der Waals surface area (Å²) >= 11 is 3.86. The van der Waals surface area contributed by atoms with E-state index in [0.29, 0.717) is 0 Å². The maximum Gasteiger partial charge on any atom is 0.0644 e.